The van der Waals surface area contributed by atoms with Crippen LogP contribution in [-0.2, 0) is 17.8 Å². The molecule has 0 saturated carbocycles. The van der Waals surface area contributed by atoms with E-state index in [0.717, 1.165) is 9.90 Å². The molecular formula is C24H21ClN2OS. The average Bonchev–Trinajstić information content (AvgIpc) is 3.12. The number of halogens is 1. The summed E-state index contributed by atoms with van der Waals surface area (Å²) in [4.78, 5) is 16.2. The monoisotopic (exact) mass is 420 g/mol. The molecule has 1 atom stereocenters. The lowest BCUT2D eigenvalue weighted by Crippen LogP contribution is -2.38. The molecule has 0 radical (unpaired) electrons. The average molecular weight is 421 g/mol. The van der Waals surface area contributed by atoms with Crippen molar-refractivity contribution in [3.8, 4) is 6.07 Å². The summed E-state index contributed by atoms with van der Waals surface area (Å²) in [6.07, 6.45) is 1.13. The number of carbonyl (C=O) groups is 1. The molecule has 0 bridgehead atoms. The van der Waals surface area contributed by atoms with Crippen molar-refractivity contribution < 1.29 is 4.79 Å². The molecule has 146 valence electrons. The Hall–Kier alpha value is -2.61. The molecule has 2 aromatic carbocycles. The number of aryl methyl sites for hydroxylation is 2. The van der Waals surface area contributed by atoms with Crippen LogP contribution in [0.3, 0.4) is 0 Å². The molecule has 1 aliphatic heterocycles. The van der Waals surface area contributed by atoms with Crippen molar-refractivity contribution in [2.45, 2.75) is 32.2 Å². The van der Waals surface area contributed by atoms with Crippen molar-refractivity contribution in [2.75, 3.05) is 6.54 Å². The van der Waals surface area contributed by atoms with Crippen molar-refractivity contribution in [3.63, 3.8) is 0 Å². The highest BCUT2D eigenvalue weighted by atomic mass is 35.5. The van der Waals surface area contributed by atoms with Crippen molar-refractivity contribution in [1.82, 2.24) is 4.90 Å². The van der Waals surface area contributed by atoms with Gasteiger partial charge in [-0.15, -0.1) is 11.3 Å². The largest absolute Gasteiger partial charge is 0.337 e. The molecule has 4 rings (SSSR count). The number of carbonyl (C=O) groups excluding carboxylic acids is 1. The zero-order valence-corrected chi connectivity index (χ0v) is 17.8. The van der Waals surface area contributed by atoms with E-state index in [1.54, 1.807) is 23.5 Å². The van der Waals surface area contributed by atoms with Crippen LogP contribution in [0.5, 0.6) is 0 Å². The molecule has 5 heteroatoms. The lowest BCUT2D eigenvalue weighted by Gasteiger charge is -2.34. The summed E-state index contributed by atoms with van der Waals surface area (Å²) in [6, 6.07) is 20.0. The molecule has 0 unspecified atom stereocenters. The zero-order valence-electron chi connectivity index (χ0n) is 16.2. The van der Waals surface area contributed by atoms with E-state index in [0.29, 0.717) is 31.5 Å². The minimum Gasteiger partial charge on any atom is -0.337 e. The van der Waals surface area contributed by atoms with Crippen LogP contribution in [0, 0.1) is 18.3 Å². The van der Waals surface area contributed by atoms with Gasteiger partial charge in [-0.2, -0.15) is 5.26 Å². The summed E-state index contributed by atoms with van der Waals surface area (Å²) in [6.45, 7) is 3.42. The number of fused-ring (bicyclic) bond motifs is 1. The van der Waals surface area contributed by atoms with Gasteiger partial charge in [0.1, 0.15) is 0 Å². The second kappa shape index (κ2) is 8.41. The fourth-order valence-electron chi connectivity index (χ4n) is 3.97. The first-order chi connectivity index (χ1) is 14.0. The molecule has 0 saturated heterocycles. The van der Waals surface area contributed by atoms with Crippen LogP contribution in [0.25, 0.3) is 0 Å². The van der Waals surface area contributed by atoms with Crippen LogP contribution in [0.4, 0.5) is 0 Å². The molecule has 0 spiro atoms. The first-order valence-electron chi connectivity index (χ1n) is 9.65. The van der Waals surface area contributed by atoms with E-state index in [2.05, 4.69) is 37.3 Å². The molecule has 0 N–H and O–H groups in total. The van der Waals surface area contributed by atoms with Gasteiger partial charge in [0.05, 0.1) is 22.5 Å². The van der Waals surface area contributed by atoms with E-state index >= 15 is 0 Å². The molecule has 0 fully saturated rings. The number of nitrogens with zero attached hydrogens (tertiary/aromatic N) is 2. The van der Waals surface area contributed by atoms with Crippen LogP contribution in [-0.4, -0.2) is 17.4 Å². The first-order valence-corrected chi connectivity index (χ1v) is 10.8. The quantitative estimate of drug-likeness (QED) is 0.544. The molecule has 29 heavy (non-hydrogen) atoms. The van der Waals surface area contributed by atoms with Crippen LogP contribution in [0.1, 0.15) is 45.0 Å². The smallest absolute Gasteiger partial charge is 0.223 e. The summed E-state index contributed by atoms with van der Waals surface area (Å²) in [5.41, 5.74) is 5.46. The Kier molecular flexibility index (Phi) is 5.71. The van der Waals surface area contributed by atoms with Crippen molar-refractivity contribution >= 4 is 28.8 Å². The van der Waals surface area contributed by atoms with Crippen molar-refractivity contribution in [1.29, 1.82) is 5.26 Å². The minimum absolute atomic E-state index is 0.155. The number of benzene rings is 2. The number of hydrogen-bond donors (Lipinski definition) is 0. The second-order valence-electron chi connectivity index (χ2n) is 7.42. The topological polar surface area (TPSA) is 44.1 Å². The van der Waals surface area contributed by atoms with E-state index in [1.165, 1.54) is 21.6 Å². The number of nitriles is 1. The van der Waals surface area contributed by atoms with Gasteiger partial charge in [-0.3, -0.25) is 4.79 Å². The third-order valence-corrected chi connectivity index (χ3v) is 6.82. The van der Waals surface area contributed by atoms with Crippen LogP contribution >= 0.6 is 22.9 Å². The summed E-state index contributed by atoms with van der Waals surface area (Å²) in [5, 5.41) is 8.92. The highest BCUT2D eigenvalue weighted by molar-refractivity contribution is 7.16. The Morgan fingerprint density at radius 1 is 1.21 bits per heavy atom. The second-order valence-corrected chi connectivity index (χ2v) is 9.19. The first kappa shape index (κ1) is 19.7. The number of thiophene rings is 1. The Labute approximate surface area is 180 Å². The molecule has 3 nitrogen and oxygen atoms in total. The lowest BCUT2D eigenvalue weighted by atomic mass is 9.86. The van der Waals surface area contributed by atoms with Gasteiger partial charge in [0.2, 0.25) is 5.91 Å². The third-order valence-electron chi connectivity index (χ3n) is 5.55. The molecule has 2 heterocycles. The van der Waals surface area contributed by atoms with Gasteiger partial charge in [-0.05, 0) is 53.8 Å². The molecule has 1 aromatic heterocycles. The van der Waals surface area contributed by atoms with Gasteiger partial charge in [-0.25, -0.2) is 0 Å². The zero-order chi connectivity index (χ0) is 20.4. The molecule has 1 aliphatic rings. The Bertz CT molecular complexity index is 1080. The summed E-state index contributed by atoms with van der Waals surface area (Å²) >= 11 is 7.90. The molecule has 0 aliphatic carbocycles. The van der Waals surface area contributed by atoms with Gasteiger partial charge in [0.25, 0.3) is 0 Å². The summed E-state index contributed by atoms with van der Waals surface area (Å²) in [5.74, 6) is 0.311. The highest BCUT2D eigenvalue weighted by Gasteiger charge is 2.31. The highest BCUT2D eigenvalue weighted by Crippen LogP contribution is 2.41. The third kappa shape index (κ3) is 4.22. The summed E-state index contributed by atoms with van der Waals surface area (Å²) < 4.78 is 0.778. The van der Waals surface area contributed by atoms with Crippen LogP contribution in [0.2, 0.25) is 4.34 Å². The van der Waals surface area contributed by atoms with Crippen LogP contribution < -0.4 is 0 Å². The van der Waals surface area contributed by atoms with Gasteiger partial charge < -0.3 is 4.90 Å². The van der Waals surface area contributed by atoms with Gasteiger partial charge in [0, 0.05) is 23.8 Å². The predicted octanol–water partition coefficient (Wildman–Crippen LogP) is 5.69. The number of hydrogen-bond acceptors (Lipinski definition) is 3. The number of rotatable bonds is 4. The fraction of sp³-hybridized carbons (Fsp3) is 0.250. The Balaban J connectivity index is 1.53. The molecule has 3 aromatic rings. The van der Waals surface area contributed by atoms with E-state index in [1.807, 2.05) is 23.1 Å². The molecular weight excluding hydrogens is 400 g/mol. The summed E-state index contributed by atoms with van der Waals surface area (Å²) in [7, 11) is 0. The Morgan fingerprint density at radius 2 is 1.97 bits per heavy atom. The van der Waals surface area contributed by atoms with Crippen LogP contribution in [0.15, 0.2) is 54.6 Å². The van der Waals surface area contributed by atoms with Crippen molar-refractivity contribution in [2.24, 2.45) is 0 Å². The SMILES string of the molecule is Cc1ccccc1[C@H]1CN(C(=O)CCc2ccc(C#N)cc2)Cc2sc(Cl)cc21. The Morgan fingerprint density at radius 3 is 2.69 bits per heavy atom. The maximum Gasteiger partial charge on any atom is 0.223 e. The van der Waals surface area contributed by atoms with Crippen molar-refractivity contribution in [3.05, 3.63) is 91.6 Å². The number of amides is 1. The van der Waals surface area contributed by atoms with E-state index in [9.17, 15) is 4.79 Å². The van der Waals surface area contributed by atoms with Gasteiger partial charge in [0.15, 0.2) is 0 Å². The fourth-order valence-corrected chi connectivity index (χ4v) is 5.33. The maximum atomic E-state index is 13.0. The van der Waals surface area contributed by atoms with E-state index in [-0.39, 0.29) is 11.8 Å². The predicted molar refractivity (Wildman–Crippen MR) is 117 cm³/mol. The molecule has 1 amide bonds. The lowest BCUT2D eigenvalue weighted by molar-refractivity contribution is -0.132. The van der Waals surface area contributed by atoms with Gasteiger partial charge in [-0.1, -0.05) is 48.0 Å². The van der Waals surface area contributed by atoms with E-state index in [4.69, 9.17) is 16.9 Å². The standard InChI is InChI=1S/C24H21ClN2OS/c1-16-4-2-3-5-19(16)21-14-27(15-22-20(21)12-23(25)29-22)24(28)11-10-17-6-8-18(13-26)9-7-17/h2-9,12,21H,10-11,14-15H2,1H3/t21-/m1/s1. The van der Waals surface area contributed by atoms with Gasteiger partial charge >= 0.3 is 0 Å². The minimum atomic E-state index is 0.155. The normalized spacial score (nSPS) is 15.6. The van der Waals surface area contributed by atoms with E-state index < -0.39 is 0 Å². The maximum absolute atomic E-state index is 13.0.